The topological polar surface area (TPSA) is 91.8 Å². The van der Waals surface area contributed by atoms with Crippen LogP contribution in [0.3, 0.4) is 0 Å². The molecule has 1 atom stereocenters. The predicted molar refractivity (Wildman–Crippen MR) is 139 cm³/mol. The van der Waals surface area contributed by atoms with E-state index in [1.54, 1.807) is 12.1 Å². The number of nitrogens with two attached hydrogens (primary N) is 1. The summed E-state index contributed by atoms with van der Waals surface area (Å²) < 4.78 is 5.05. The second-order valence-corrected chi connectivity index (χ2v) is 10.2. The fourth-order valence-corrected chi connectivity index (χ4v) is 5.49. The molecule has 0 aliphatic carbocycles. The molecule has 8 nitrogen and oxygen atoms in total. The van der Waals surface area contributed by atoms with Gasteiger partial charge in [-0.3, -0.25) is 4.79 Å². The van der Waals surface area contributed by atoms with Crippen LogP contribution in [0.15, 0.2) is 30.5 Å². The number of carbonyl (C=O) groups is 1. The van der Waals surface area contributed by atoms with Gasteiger partial charge in [-0.1, -0.05) is 23.5 Å². The molecule has 2 saturated heterocycles. The Bertz CT molecular complexity index is 1210. The van der Waals surface area contributed by atoms with E-state index in [-0.39, 0.29) is 11.9 Å². The molecule has 2 aliphatic heterocycles. The Morgan fingerprint density at radius 1 is 1.29 bits per heavy atom. The molecule has 4 heterocycles. The minimum absolute atomic E-state index is 0.0287. The van der Waals surface area contributed by atoms with Crippen LogP contribution in [0.2, 0.25) is 5.02 Å². The van der Waals surface area contributed by atoms with E-state index in [4.69, 9.17) is 27.4 Å². The van der Waals surface area contributed by atoms with Crippen molar-refractivity contribution in [3.8, 4) is 0 Å². The van der Waals surface area contributed by atoms with Crippen molar-refractivity contribution in [2.45, 2.75) is 32.2 Å². The number of amides is 1. The molecule has 2 aliphatic rings. The molecule has 34 heavy (non-hydrogen) atoms. The predicted octanol–water partition coefficient (Wildman–Crippen LogP) is 4.14. The number of nitrogens with one attached hydrogen (secondary N) is 1. The van der Waals surface area contributed by atoms with Gasteiger partial charge in [-0.15, -0.1) is 0 Å². The number of fused-ring (bicyclic) bond motifs is 1. The molecule has 0 bridgehead atoms. The molecule has 180 valence electrons. The van der Waals surface area contributed by atoms with Crippen LogP contribution in [0.1, 0.15) is 46.9 Å². The van der Waals surface area contributed by atoms with E-state index in [2.05, 4.69) is 16.5 Å². The molecule has 1 unspecified atom stereocenters. The van der Waals surface area contributed by atoms with Crippen molar-refractivity contribution < 1.29 is 4.79 Å². The van der Waals surface area contributed by atoms with Crippen molar-refractivity contribution in [2.75, 3.05) is 42.1 Å². The van der Waals surface area contributed by atoms with Crippen LogP contribution in [0, 0.1) is 12.8 Å². The third-order valence-electron chi connectivity index (χ3n) is 6.74. The maximum absolute atomic E-state index is 13.7. The van der Waals surface area contributed by atoms with Gasteiger partial charge in [-0.25, -0.2) is 9.50 Å². The minimum Gasteiger partial charge on any atom is -0.355 e. The summed E-state index contributed by atoms with van der Waals surface area (Å²) in [7, 11) is 0. The smallest absolute Gasteiger partial charge is 0.256 e. The largest absolute Gasteiger partial charge is 0.355 e. The molecule has 3 N–H and O–H groups in total. The number of likely N-dealkylation sites (tertiary alicyclic amines) is 1. The highest BCUT2D eigenvalue weighted by atomic mass is 35.5. The molecule has 5 rings (SSSR count). The van der Waals surface area contributed by atoms with Gasteiger partial charge in [-0.05, 0) is 50.9 Å². The normalized spacial score (nSPS) is 18.9. The van der Waals surface area contributed by atoms with Gasteiger partial charge in [0.05, 0.1) is 23.0 Å². The van der Waals surface area contributed by atoms with Crippen LogP contribution in [-0.4, -0.2) is 57.8 Å². The zero-order valence-corrected chi connectivity index (χ0v) is 21.1. The Hall–Kier alpha value is -2.49. The number of aryl methyl sites for hydroxylation is 1. The van der Waals surface area contributed by atoms with Gasteiger partial charge in [0.2, 0.25) is 0 Å². The highest BCUT2D eigenvalue weighted by Gasteiger charge is 2.33. The van der Waals surface area contributed by atoms with Crippen molar-refractivity contribution in [1.29, 1.82) is 0 Å². The second kappa shape index (κ2) is 9.64. The van der Waals surface area contributed by atoms with Crippen LogP contribution >= 0.6 is 23.5 Å². The number of piperidine rings is 1. The van der Waals surface area contributed by atoms with Crippen molar-refractivity contribution in [2.24, 2.45) is 11.7 Å². The number of benzene rings is 1. The van der Waals surface area contributed by atoms with Gasteiger partial charge in [0.15, 0.2) is 5.65 Å². The molecule has 1 amide bonds. The molecule has 2 fully saturated rings. The lowest BCUT2D eigenvalue weighted by molar-refractivity contribution is 0.0607. The number of halogens is 1. The van der Waals surface area contributed by atoms with E-state index >= 15 is 0 Å². The van der Waals surface area contributed by atoms with Crippen molar-refractivity contribution in [1.82, 2.24) is 19.5 Å². The number of aromatic nitrogens is 3. The average Bonchev–Trinajstić information content (AvgIpc) is 3.22. The molecule has 0 spiro atoms. The summed E-state index contributed by atoms with van der Waals surface area (Å²) in [5, 5.41) is 5.40. The van der Waals surface area contributed by atoms with E-state index in [1.165, 1.54) is 11.9 Å². The SMILES string of the molecule is CSNc1ccc(Cl)cc1C(=O)N1CCCCC1c1cc2nc(N3CC(CN)C3)c(C)cn2n1. The third-order valence-corrected chi connectivity index (χ3v) is 7.40. The van der Waals surface area contributed by atoms with E-state index < -0.39 is 0 Å². The van der Waals surface area contributed by atoms with Gasteiger partial charge in [0.1, 0.15) is 5.82 Å². The lowest BCUT2D eigenvalue weighted by atomic mass is 9.98. The first-order valence-electron chi connectivity index (χ1n) is 11.7. The molecule has 0 saturated carbocycles. The Labute approximate surface area is 209 Å². The lowest BCUT2D eigenvalue weighted by Gasteiger charge is -2.40. The first kappa shape index (κ1) is 23.3. The minimum atomic E-state index is -0.0987. The summed E-state index contributed by atoms with van der Waals surface area (Å²) in [6.45, 7) is 5.35. The molecule has 10 heteroatoms. The quantitative estimate of drug-likeness (QED) is 0.492. The summed E-state index contributed by atoms with van der Waals surface area (Å²) in [5.41, 5.74) is 9.92. The van der Waals surface area contributed by atoms with Crippen LogP contribution < -0.4 is 15.4 Å². The summed E-state index contributed by atoms with van der Waals surface area (Å²) in [4.78, 5) is 22.8. The van der Waals surface area contributed by atoms with Gasteiger partial charge < -0.3 is 20.3 Å². The number of hydrogen-bond acceptors (Lipinski definition) is 7. The van der Waals surface area contributed by atoms with E-state index in [1.807, 2.05) is 34.0 Å². The van der Waals surface area contributed by atoms with Gasteiger partial charge >= 0.3 is 0 Å². The van der Waals surface area contributed by atoms with Crippen LogP contribution in [0.25, 0.3) is 5.65 Å². The Morgan fingerprint density at radius 2 is 2.12 bits per heavy atom. The van der Waals surface area contributed by atoms with Crippen LogP contribution in [-0.2, 0) is 0 Å². The summed E-state index contributed by atoms with van der Waals surface area (Å²) in [5.74, 6) is 1.50. The number of anilines is 2. The third kappa shape index (κ3) is 4.32. The first-order chi connectivity index (χ1) is 16.5. The second-order valence-electron chi connectivity index (χ2n) is 9.13. The number of carbonyl (C=O) groups excluding carboxylic acids is 1. The van der Waals surface area contributed by atoms with E-state index in [9.17, 15) is 4.79 Å². The molecule has 1 aromatic carbocycles. The Morgan fingerprint density at radius 3 is 2.88 bits per heavy atom. The molecule has 3 aromatic rings. The molecular weight excluding hydrogens is 470 g/mol. The average molecular weight is 500 g/mol. The van der Waals surface area contributed by atoms with Crippen molar-refractivity contribution in [3.63, 3.8) is 0 Å². The highest BCUT2D eigenvalue weighted by molar-refractivity contribution is 7.99. The maximum Gasteiger partial charge on any atom is 0.256 e. The first-order valence-corrected chi connectivity index (χ1v) is 13.3. The van der Waals surface area contributed by atoms with Gasteiger partial charge in [-0.2, -0.15) is 5.10 Å². The maximum atomic E-state index is 13.7. The van der Waals surface area contributed by atoms with Crippen molar-refractivity contribution >= 4 is 46.6 Å². The van der Waals surface area contributed by atoms with Crippen LogP contribution in [0.4, 0.5) is 11.5 Å². The van der Waals surface area contributed by atoms with Gasteiger partial charge in [0.25, 0.3) is 5.91 Å². The zero-order chi connectivity index (χ0) is 23.8. The highest BCUT2D eigenvalue weighted by Crippen LogP contribution is 2.35. The Kier molecular flexibility index (Phi) is 6.59. The number of nitrogens with zero attached hydrogens (tertiary/aromatic N) is 5. The summed E-state index contributed by atoms with van der Waals surface area (Å²) >= 11 is 7.71. The van der Waals surface area contributed by atoms with Gasteiger partial charge in [0, 0.05) is 54.7 Å². The van der Waals surface area contributed by atoms with Crippen LogP contribution in [0.5, 0.6) is 0 Å². The fourth-order valence-electron chi connectivity index (χ4n) is 4.92. The molecule has 2 aromatic heterocycles. The van der Waals surface area contributed by atoms with Crippen molar-refractivity contribution in [3.05, 3.63) is 52.3 Å². The van der Waals surface area contributed by atoms with E-state index in [0.29, 0.717) is 29.6 Å². The zero-order valence-electron chi connectivity index (χ0n) is 19.5. The standard InChI is InChI=1S/C24H30ClN7OS/c1-15-12-32-22(27-23(15)30-13-16(11-26)14-30)10-20(28-32)21-5-3-4-8-31(21)24(33)18-9-17(25)6-7-19(18)29-34-2/h6-7,9-10,12,16,21,29H,3-5,8,11,13-14,26H2,1-2H3. The number of hydrogen-bond donors (Lipinski definition) is 2. The molecule has 0 radical (unpaired) electrons. The summed E-state index contributed by atoms with van der Waals surface area (Å²) in [6.07, 6.45) is 6.86. The Balaban J connectivity index is 1.46. The lowest BCUT2D eigenvalue weighted by Crippen LogP contribution is -2.50. The summed E-state index contributed by atoms with van der Waals surface area (Å²) in [6, 6.07) is 7.33. The fraction of sp³-hybridized carbons (Fsp3) is 0.458. The number of rotatable bonds is 6. The van der Waals surface area contributed by atoms with E-state index in [0.717, 1.165) is 60.8 Å². The molecular formula is C24H30ClN7OS. The monoisotopic (exact) mass is 499 g/mol.